The highest BCUT2D eigenvalue weighted by Crippen LogP contribution is 2.29. The molecule has 42 heavy (non-hydrogen) atoms. The van der Waals surface area contributed by atoms with Gasteiger partial charge in [-0.2, -0.15) is 0 Å². The number of carbonyl (C=O) groups excluding carboxylic acids is 3. The number of aliphatic carboxylic acids is 1. The fourth-order valence-electron chi connectivity index (χ4n) is 5.91. The summed E-state index contributed by atoms with van der Waals surface area (Å²) in [4.78, 5) is 62.3. The number of carboxylic acids is 1. The highest BCUT2D eigenvalue weighted by molar-refractivity contribution is 7.20. The van der Waals surface area contributed by atoms with Crippen LogP contribution in [-0.4, -0.2) is 82.3 Å². The fraction of sp³-hybridized carbons (Fsp3) is 0.586. The maximum Gasteiger partial charge on any atom is 0.317 e. The van der Waals surface area contributed by atoms with E-state index < -0.39 is 30.0 Å². The molecule has 2 aromatic rings. The third-order valence-electron chi connectivity index (χ3n) is 8.01. The second-order valence-electron chi connectivity index (χ2n) is 11.1. The SMILES string of the molecule is NC(N)=NCCC[C@H](NC(=O)[C@H]1CCCN1C(=O)[C@@H](CC1CCCCC1)NCC(=O)O)C(=O)c1nc2ccccc2s1. The van der Waals surface area contributed by atoms with Crippen molar-refractivity contribution in [3.63, 3.8) is 0 Å². The second kappa shape index (κ2) is 15.1. The zero-order valence-electron chi connectivity index (χ0n) is 23.8. The van der Waals surface area contributed by atoms with E-state index >= 15 is 0 Å². The Labute approximate surface area is 249 Å². The van der Waals surface area contributed by atoms with Crippen molar-refractivity contribution in [3.05, 3.63) is 29.3 Å². The molecule has 2 fully saturated rings. The lowest BCUT2D eigenvalue weighted by Crippen LogP contribution is -2.55. The third-order valence-corrected chi connectivity index (χ3v) is 9.06. The Morgan fingerprint density at radius 2 is 1.83 bits per heavy atom. The minimum absolute atomic E-state index is 0.0486. The molecule has 1 aromatic heterocycles. The van der Waals surface area contributed by atoms with Crippen molar-refractivity contribution in [2.75, 3.05) is 19.6 Å². The molecule has 3 atom stereocenters. The lowest BCUT2D eigenvalue weighted by molar-refractivity contribution is -0.141. The largest absolute Gasteiger partial charge is 0.480 e. The number of benzene rings is 1. The standard InChI is InChI=1S/C29H41N7O5S/c30-29(31)32-14-6-11-20(25(39)27-35-19-10-4-5-13-23(19)42-27)34-26(40)22-12-7-15-36(22)28(41)21(33-17-24(37)38)16-18-8-2-1-3-9-18/h4-5,10,13,18,20-22,33H,1-3,6-9,11-12,14-17H2,(H,34,40)(H,37,38)(H4,30,31,32)/t20-,21+,22+/m0/s1. The van der Waals surface area contributed by atoms with Crippen LogP contribution in [0.3, 0.4) is 0 Å². The van der Waals surface area contributed by atoms with Gasteiger partial charge in [0.1, 0.15) is 6.04 Å². The molecule has 1 aliphatic heterocycles. The van der Waals surface area contributed by atoms with Crippen molar-refractivity contribution in [2.45, 2.75) is 82.3 Å². The highest BCUT2D eigenvalue weighted by atomic mass is 32.1. The number of thiazole rings is 1. The average Bonchev–Trinajstić information content (AvgIpc) is 3.64. The summed E-state index contributed by atoms with van der Waals surface area (Å²) in [5.74, 6) is -1.72. The summed E-state index contributed by atoms with van der Waals surface area (Å²) in [6, 6.07) is 5.15. The van der Waals surface area contributed by atoms with Crippen LogP contribution in [0.4, 0.5) is 0 Å². The van der Waals surface area contributed by atoms with Gasteiger partial charge >= 0.3 is 5.97 Å². The van der Waals surface area contributed by atoms with Gasteiger partial charge < -0.3 is 26.8 Å². The molecule has 4 rings (SSSR count). The number of carbonyl (C=O) groups is 4. The summed E-state index contributed by atoms with van der Waals surface area (Å²) < 4.78 is 0.872. The number of carboxylic acid groups (broad SMARTS) is 1. The van der Waals surface area contributed by atoms with E-state index in [4.69, 9.17) is 11.5 Å². The molecule has 2 aliphatic rings. The molecular weight excluding hydrogens is 558 g/mol. The molecule has 1 aliphatic carbocycles. The van der Waals surface area contributed by atoms with Gasteiger partial charge in [0, 0.05) is 13.1 Å². The van der Waals surface area contributed by atoms with Gasteiger partial charge in [0.25, 0.3) is 0 Å². The van der Waals surface area contributed by atoms with Crippen LogP contribution in [0.15, 0.2) is 29.3 Å². The number of aliphatic imine (C=N–C) groups is 1. The van der Waals surface area contributed by atoms with Crippen LogP contribution >= 0.6 is 11.3 Å². The normalized spacial score (nSPS) is 18.9. The number of guanidine groups is 1. The summed E-state index contributed by atoms with van der Waals surface area (Å²) >= 11 is 1.27. The number of nitrogens with two attached hydrogens (primary N) is 2. The molecule has 0 unspecified atom stereocenters. The predicted molar refractivity (Wildman–Crippen MR) is 161 cm³/mol. The number of aromatic nitrogens is 1. The van der Waals surface area contributed by atoms with E-state index in [2.05, 4.69) is 20.6 Å². The van der Waals surface area contributed by atoms with Crippen molar-refractivity contribution in [3.8, 4) is 0 Å². The van der Waals surface area contributed by atoms with Gasteiger partial charge in [0.05, 0.1) is 28.8 Å². The molecule has 7 N–H and O–H groups in total. The first-order chi connectivity index (χ1) is 20.2. The number of fused-ring (bicyclic) bond motifs is 1. The molecule has 0 radical (unpaired) electrons. The minimum atomic E-state index is -1.04. The van der Waals surface area contributed by atoms with Crippen LogP contribution in [0.25, 0.3) is 10.2 Å². The number of hydrogen-bond donors (Lipinski definition) is 5. The van der Waals surface area contributed by atoms with E-state index in [1.165, 1.54) is 17.8 Å². The molecule has 1 aromatic carbocycles. The molecule has 0 bridgehead atoms. The Kier molecular flexibility index (Phi) is 11.2. The summed E-state index contributed by atoms with van der Waals surface area (Å²) in [5.41, 5.74) is 11.6. The molecule has 12 nitrogen and oxygen atoms in total. The molecule has 1 saturated carbocycles. The van der Waals surface area contributed by atoms with Crippen LogP contribution in [0.1, 0.15) is 74.0 Å². The zero-order chi connectivity index (χ0) is 30.1. The number of rotatable bonds is 14. The Hall–Kier alpha value is -3.58. The minimum Gasteiger partial charge on any atom is -0.480 e. The topological polar surface area (TPSA) is 193 Å². The number of nitrogens with zero attached hydrogens (tertiary/aromatic N) is 3. The quantitative estimate of drug-likeness (QED) is 0.0935. The van der Waals surface area contributed by atoms with Crippen LogP contribution in [0.2, 0.25) is 0 Å². The Morgan fingerprint density at radius 3 is 2.55 bits per heavy atom. The zero-order valence-corrected chi connectivity index (χ0v) is 24.6. The van der Waals surface area contributed by atoms with Crippen molar-refractivity contribution < 1.29 is 24.3 Å². The van der Waals surface area contributed by atoms with Gasteiger partial charge in [0.15, 0.2) is 11.0 Å². The van der Waals surface area contributed by atoms with Gasteiger partial charge in [-0.3, -0.25) is 29.5 Å². The maximum absolute atomic E-state index is 13.7. The molecule has 0 spiro atoms. The Morgan fingerprint density at radius 1 is 1.07 bits per heavy atom. The van der Waals surface area contributed by atoms with Crippen molar-refractivity contribution in [2.24, 2.45) is 22.4 Å². The van der Waals surface area contributed by atoms with Gasteiger partial charge in [0.2, 0.25) is 17.6 Å². The molecule has 2 heterocycles. The first kappa shape index (κ1) is 31.4. The highest BCUT2D eigenvalue weighted by Gasteiger charge is 2.39. The smallest absolute Gasteiger partial charge is 0.317 e. The van der Waals surface area contributed by atoms with Gasteiger partial charge in [-0.1, -0.05) is 44.2 Å². The number of likely N-dealkylation sites (tertiary alicyclic amines) is 1. The maximum atomic E-state index is 13.7. The van der Waals surface area contributed by atoms with E-state index in [9.17, 15) is 24.3 Å². The molecule has 228 valence electrons. The number of Topliss-reactive ketones (excluding diaryl/α,β-unsaturated/α-hetero) is 1. The Balaban J connectivity index is 1.48. The molecule has 13 heteroatoms. The van der Waals surface area contributed by atoms with Crippen molar-refractivity contribution >= 4 is 51.1 Å². The van der Waals surface area contributed by atoms with Crippen molar-refractivity contribution in [1.29, 1.82) is 0 Å². The van der Waals surface area contributed by atoms with Crippen LogP contribution in [-0.2, 0) is 14.4 Å². The van der Waals surface area contributed by atoms with Gasteiger partial charge in [-0.05, 0) is 50.2 Å². The van der Waals surface area contributed by atoms with E-state index in [0.717, 1.165) is 30.4 Å². The van der Waals surface area contributed by atoms with E-state index in [0.29, 0.717) is 61.6 Å². The third kappa shape index (κ3) is 8.48. The second-order valence-corrected chi connectivity index (χ2v) is 12.1. The summed E-state index contributed by atoms with van der Waals surface area (Å²) in [7, 11) is 0. The van der Waals surface area contributed by atoms with E-state index in [1.54, 1.807) is 4.90 Å². The molecule has 1 saturated heterocycles. The summed E-state index contributed by atoms with van der Waals surface area (Å²) in [5, 5.41) is 15.4. The molecule has 2 amide bonds. The van der Waals surface area contributed by atoms with E-state index in [-0.39, 0.29) is 24.2 Å². The lowest BCUT2D eigenvalue weighted by Gasteiger charge is -2.32. The van der Waals surface area contributed by atoms with Gasteiger partial charge in [-0.25, -0.2) is 4.98 Å². The fourth-order valence-corrected chi connectivity index (χ4v) is 6.87. The number of ketones is 1. The molecular formula is C29H41N7O5S. The number of nitrogens with one attached hydrogen (secondary N) is 2. The summed E-state index contributed by atoms with van der Waals surface area (Å²) in [6.45, 7) is 0.365. The number of amides is 2. The van der Waals surface area contributed by atoms with Crippen LogP contribution in [0, 0.1) is 5.92 Å². The number of hydrogen-bond acceptors (Lipinski definition) is 8. The first-order valence-electron chi connectivity index (χ1n) is 14.7. The van der Waals surface area contributed by atoms with Gasteiger partial charge in [-0.15, -0.1) is 11.3 Å². The lowest BCUT2D eigenvalue weighted by atomic mass is 9.84. The van der Waals surface area contributed by atoms with E-state index in [1.807, 2.05) is 24.3 Å². The van der Waals surface area contributed by atoms with Crippen LogP contribution in [0.5, 0.6) is 0 Å². The first-order valence-corrected chi connectivity index (χ1v) is 15.6. The summed E-state index contributed by atoms with van der Waals surface area (Å²) in [6.07, 6.45) is 7.80. The predicted octanol–water partition coefficient (Wildman–Crippen LogP) is 2.02. The van der Waals surface area contributed by atoms with Crippen molar-refractivity contribution in [1.82, 2.24) is 20.5 Å². The average molecular weight is 600 g/mol. The number of para-hydroxylation sites is 1. The monoisotopic (exact) mass is 599 g/mol. The van der Waals surface area contributed by atoms with Crippen LogP contribution < -0.4 is 22.1 Å². The Bertz CT molecular complexity index is 1260.